The quantitative estimate of drug-likeness (QED) is 0.515. The van der Waals surface area contributed by atoms with Crippen molar-refractivity contribution in [1.82, 2.24) is 5.32 Å². The second kappa shape index (κ2) is 3.68. The third kappa shape index (κ3) is 1.96. The van der Waals surface area contributed by atoms with E-state index in [2.05, 4.69) is 10.6 Å². The van der Waals surface area contributed by atoms with Gasteiger partial charge in [-0.25, -0.2) is 4.79 Å². The lowest BCUT2D eigenvalue weighted by Gasteiger charge is -2.26. The number of nitrogens with one attached hydrogen (secondary N) is 2. The topological polar surface area (TPSA) is 87.4 Å². The second-order valence-corrected chi connectivity index (χ2v) is 3.61. The van der Waals surface area contributed by atoms with Gasteiger partial charge in [0.15, 0.2) is 0 Å². The highest BCUT2D eigenvalue weighted by Gasteiger charge is 2.20. The Hall–Kier alpha value is -1.91. The maximum atomic E-state index is 10.5. The molecule has 1 aliphatic rings. The van der Waals surface area contributed by atoms with E-state index in [0.717, 1.165) is 11.3 Å². The zero-order valence-electron chi connectivity index (χ0n) is 8.16. The molecule has 5 N–H and O–H groups in total. The van der Waals surface area contributed by atoms with Gasteiger partial charge in [-0.05, 0) is 18.1 Å². The number of hydrogen-bond donors (Lipinski definition) is 4. The standard InChI is InChI=1S/C10H13N3O2/c11-8-3-1-2-6-4-7(13-10(14)15)5-12-9(6)8/h1-3,7,12-13H,4-5,11H2,(H,14,15). The molecule has 1 unspecified atom stereocenters. The number of rotatable bonds is 1. The number of nitrogens with two attached hydrogens (primary N) is 1. The van der Waals surface area contributed by atoms with Gasteiger partial charge < -0.3 is 21.5 Å². The lowest BCUT2D eigenvalue weighted by Crippen LogP contribution is -2.43. The van der Waals surface area contributed by atoms with E-state index in [1.807, 2.05) is 18.2 Å². The summed E-state index contributed by atoms with van der Waals surface area (Å²) in [7, 11) is 0. The molecule has 1 aromatic carbocycles. The number of fused-ring (bicyclic) bond motifs is 1. The van der Waals surface area contributed by atoms with Crippen molar-refractivity contribution in [1.29, 1.82) is 0 Å². The van der Waals surface area contributed by atoms with Crippen molar-refractivity contribution < 1.29 is 9.90 Å². The number of nitrogen functional groups attached to an aromatic ring is 1. The summed E-state index contributed by atoms with van der Waals surface area (Å²) in [4.78, 5) is 10.5. The molecule has 5 nitrogen and oxygen atoms in total. The minimum atomic E-state index is -0.992. The SMILES string of the molecule is Nc1cccc2c1NCC(NC(=O)O)C2. The summed E-state index contributed by atoms with van der Waals surface area (Å²) >= 11 is 0. The van der Waals surface area contributed by atoms with Crippen LogP contribution in [0.15, 0.2) is 18.2 Å². The van der Waals surface area contributed by atoms with Crippen LogP contribution < -0.4 is 16.4 Å². The molecule has 1 atom stereocenters. The van der Waals surface area contributed by atoms with Gasteiger partial charge >= 0.3 is 6.09 Å². The van der Waals surface area contributed by atoms with E-state index in [9.17, 15) is 4.79 Å². The number of benzene rings is 1. The Morgan fingerprint density at radius 3 is 3.13 bits per heavy atom. The molecule has 1 amide bonds. The van der Waals surface area contributed by atoms with Crippen molar-refractivity contribution in [3.05, 3.63) is 23.8 Å². The molecule has 1 aromatic rings. The molecule has 0 radical (unpaired) electrons. The molecule has 0 bridgehead atoms. The van der Waals surface area contributed by atoms with Crippen LogP contribution in [0.5, 0.6) is 0 Å². The number of carbonyl (C=O) groups is 1. The van der Waals surface area contributed by atoms with Gasteiger partial charge in [0, 0.05) is 6.54 Å². The van der Waals surface area contributed by atoms with Crippen LogP contribution in [0.2, 0.25) is 0 Å². The monoisotopic (exact) mass is 207 g/mol. The molecule has 0 saturated heterocycles. The fraction of sp³-hybridized carbons (Fsp3) is 0.300. The van der Waals surface area contributed by atoms with Crippen molar-refractivity contribution in [3.8, 4) is 0 Å². The van der Waals surface area contributed by atoms with Crippen LogP contribution >= 0.6 is 0 Å². The highest BCUT2D eigenvalue weighted by molar-refractivity contribution is 5.72. The van der Waals surface area contributed by atoms with Gasteiger partial charge in [-0.2, -0.15) is 0 Å². The lowest BCUT2D eigenvalue weighted by atomic mass is 9.99. The van der Waals surface area contributed by atoms with Crippen molar-refractivity contribution in [2.24, 2.45) is 0 Å². The number of para-hydroxylation sites is 1. The van der Waals surface area contributed by atoms with Crippen molar-refractivity contribution in [2.75, 3.05) is 17.6 Å². The van der Waals surface area contributed by atoms with Crippen molar-refractivity contribution in [2.45, 2.75) is 12.5 Å². The predicted molar refractivity (Wildman–Crippen MR) is 58.0 cm³/mol. The molecule has 15 heavy (non-hydrogen) atoms. The maximum Gasteiger partial charge on any atom is 0.404 e. The van der Waals surface area contributed by atoms with Crippen LogP contribution in [0.1, 0.15) is 5.56 Å². The maximum absolute atomic E-state index is 10.5. The first-order valence-corrected chi connectivity index (χ1v) is 4.77. The van der Waals surface area contributed by atoms with Crippen molar-refractivity contribution >= 4 is 17.5 Å². The van der Waals surface area contributed by atoms with E-state index in [0.29, 0.717) is 18.7 Å². The van der Waals surface area contributed by atoms with Crippen molar-refractivity contribution in [3.63, 3.8) is 0 Å². The normalized spacial score (nSPS) is 18.8. The summed E-state index contributed by atoms with van der Waals surface area (Å²) in [5, 5.41) is 14.2. The second-order valence-electron chi connectivity index (χ2n) is 3.61. The zero-order valence-corrected chi connectivity index (χ0v) is 8.16. The van der Waals surface area contributed by atoms with E-state index in [1.54, 1.807) is 0 Å². The lowest BCUT2D eigenvalue weighted by molar-refractivity contribution is 0.190. The molecule has 0 aliphatic carbocycles. The van der Waals surface area contributed by atoms with Crippen LogP contribution in [0.4, 0.5) is 16.2 Å². The Kier molecular flexibility index (Phi) is 2.37. The van der Waals surface area contributed by atoms with Gasteiger partial charge in [0.1, 0.15) is 0 Å². The third-order valence-electron chi connectivity index (χ3n) is 2.50. The molecule has 0 saturated carbocycles. The van der Waals surface area contributed by atoms with Gasteiger partial charge in [-0.15, -0.1) is 0 Å². The third-order valence-corrected chi connectivity index (χ3v) is 2.50. The van der Waals surface area contributed by atoms with Crippen LogP contribution in [-0.2, 0) is 6.42 Å². The first-order valence-electron chi connectivity index (χ1n) is 4.77. The number of anilines is 2. The molecule has 0 aromatic heterocycles. The minimum absolute atomic E-state index is 0.0863. The summed E-state index contributed by atoms with van der Waals surface area (Å²) in [5.41, 5.74) is 8.49. The molecule has 0 fully saturated rings. The molecule has 5 heteroatoms. The molecular formula is C10H13N3O2. The Morgan fingerprint density at radius 2 is 2.40 bits per heavy atom. The van der Waals surface area contributed by atoms with Crippen LogP contribution in [0.3, 0.4) is 0 Å². The van der Waals surface area contributed by atoms with E-state index >= 15 is 0 Å². The van der Waals surface area contributed by atoms with Gasteiger partial charge in [-0.3, -0.25) is 0 Å². The van der Waals surface area contributed by atoms with Gasteiger partial charge in [0.05, 0.1) is 17.4 Å². The van der Waals surface area contributed by atoms with Crippen LogP contribution in [0, 0.1) is 0 Å². The Bertz CT molecular complexity index is 392. The number of carboxylic acid groups (broad SMARTS) is 1. The van der Waals surface area contributed by atoms with Gasteiger partial charge in [0.25, 0.3) is 0 Å². The fourth-order valence-corrected chi connectivity index (χ4v) is 1.85. The molecule has 0 spiro atoms. The summed E-state index contributed by atoms with van der Waals surface area (Å²) in [6.07, 6.45) is -0.311. The van der Waals surface area contributed by atoms with Gasteiger partial charge in [0.2, 0.25) is 0 Å². The molecule has 2 rings (SSSR count). The first kappa shape index (κ1) is 9.64. The smallest absolute Gasteiger partial charge is 0.404 e. The first-order chi connectivity index (χ1) is 7.16. The average Bonchev–Trinajstić information content (AvgIpc) is 2.17. The summed E-state index contributed by atoms with van der Waals surface area (Å²) in [6.45, 7) is 0.577. The van der Waals surface area contributed by atoms with E-state index < -0.39 is 6.09 Å². The highest BCUT2D eigenvalue weighted by Crippen LogP contribution is 2.27. The molecular weight excluding hydrogens is 194 g/mol. The fourth-order valence-electron chi connectivity index (χ4n) is 1.85. The Morgan fingerprint density at radius 1 is 1.60 bits per heavy atom. The predicted octanol–water partition coefficient (Wildman–Crippen LogP) is 0.873. The highest BCUT2D eigenvalue weighted by atomic mass is 16.4. The van der Waals surface area contributed by atoms with E-state index in [-0.39, 0.29) is 6.04 Å². The van der Waals surface area contributed by atoms with E-state index in [4.69, 9.17) is 10.8 Å². The largest absolute Gasteiger partial charge is 0.465 e. The average molecular weight is 207 g/mol. The number of amides is 1. The molecule has 80 valence electrons. The Labute approximate surface area is 87.3 Å². The van der Waals surface area contributed by atoms with Gasteiger partial charge in [-0.1, -0.05) is 12.1 Å². The van der Waals surface area contributed by atoms with Crippen LogP contribution in [-0.4, -0.2) is 23.8 Å². The summed E-state index contributed by atoms with van der Waals surface area (Å²) in [6, 6.07) is 5.57. The summed E-state index contributed by atoms with van der Waals surface area (Å²) < 4.78 is 0. The number of hydrogen-bond acceptors (Lipinski definition) is 3. The van der Waals surface area contributed by atoms with E-state index in [1.165, 1.54) is 0 Å². The molecule has 1 heterocycles. The minimum Gasteiger partial charge on any atom is -0.465 e. The zero-order chi connectivity index (χ0) is 10.8. The molecule has 1 aliphatic heterocycles. The Balaban J connectivity index is 2.17. The van der Waals surface area contributed by atoms with Crippen LogP contribution in [0.25, 0.3) is 0 Å². The summed E-state index contributed by atoms with van der Waals surface area (Å²) in [5.74, 6) is 0.